The largest absolute Gasteiger partial charge is 0.176 e. The van der Waals surface area contributed by atoms with E-state index < -0.39 is 8.07 Å². The maximum absolute atomic E-state index is 2.73. The number of benzene rings is 3. The van der Waals surface area contributed by atoms with Crippen LogP contribution in [0.25, 0.3) is 0 Å². The smallest absolute Gasteiger partial charge is 0.0694 e. The van der Waals surface area contributed by atoms with Crippen molar-refractivity contribution in [1.82, 2.24) is 0 Å². The first-order valence-electron chi connectivity index (χ1n) is 17.4. The maximum Gasteiger partial charge on any atom is 0.176 e. The highest BCUT2D eigenvalue weighted by atomic mass is 28.3. The fourth-order valence-electron chi connectivity index (χ4n) is 7.06. The summed E-state index contributed by atoms with van der Waals surface area (Å²) >= 11 is 0. The second kappa shape index (κ2) is 13.4. The van der Waals surface area contributed by atoms with Crippen LogP contribution in [0.2, 0.25) is 0 Å². The lowest BCUT2D eigenvalue weighted by atomic mass is 9.95. The van der Waals surface area contributed by atoms with Crippen molar-refractivity contribution in [3.63, 3.8) is 0 Å². The van der Waals surface area contributed by atoms with Gasteiger partial charge in [-0.25, -0.2) is 0 Å². The zero-order valence-electron chi connectivity index (χ0n) is 30.4. The molecule has 3 aromatic rings. The van der Waals surface area contributed by atoms with Gasteiger partial charge in [-0.05, 0) is 105 Å². The molecule has 0 heterocycles. The molecule has 0 bridgehead atoms. The first-order chi connectivity index (χ1) is 20.6. The Morgan fingerprint density at radius 2 is 0.659 bits per heavy atom. The van der Waals surface area contributed by atoms with Crippen LogP contribution in [0.1, 0.15) is 172 Å². The van der Waals surface area contributed by atoms with Gasteiger partial charge in [-0.1, -0.05) is 160 Å². The van der Waals surface area contributed by atoms with Crippen LogP contribution < -0.4 is 15.6 Å². The van der Waals surface area contributed by atoms with E-state index >= 15 is 0 Å². The summed E-state index contributed by atoms with van der Waals surface area (Å²) < 4.78 is 0. The van der Waals surface area contributed by atoms with Crippen molar-refractivity contribution >= 4 is 23.6 Å². The summed E-state index contributed by atoms with van der Waals surface area (Å²) in [5.41, 5.74) is 11.8. The van der Waals surface area contributed by atoms with E-state index in [4.69, 9.17) is 0 Å². The van der Waals surface area contributed by atoms with Crippen LogP contribution in [-0.2, 0) is 0 Å². The average molecular weight is 605 g/mol. The summed E-state index contributed by atoms with van der Waals surface area (Å²) in [7, 11) is -2.73. The van der Waals surface area contributed by atoms with Gasteiger partial charge in [0.2, 0.25) is 0 Å². The van der Waals surface area contributed by atoms with E-state index in [9.17, 15) is 0 Å². The topological polar surface area (TPSA) is 0 Å². The third-order valence-electron chi connectivity index (χ3n) is 10.1. The lowest BCUT2D eigenvalue weighted by Crippen LogP contribution is -2.69. The standard InChI is InChI=1S/C43H60Si/c1-26(2)34-17-35(27(3)4)21-40(20-34)44(43-16-32(13)15-33(43)14,41-22-36(28(5)6)18-37(23-41)29(7)8)42-24-38(30(9)10)19-39(25-42)31(11)12/h15,17-31H,16H2,1-14H3. The molecule has 1 aliphatic rings. The molecule has 0 nitrogen and oxygen atoms in total. The minimum Gasteiger partial charge on any atom is -0.0694 e. The van der Waals surface area contributed by atoms with Gasteiger partial charge in [0, 0.05) is 0 Å². The highest BCUT2D eigenvalue weighted by Crippen LogP contribution is 2.36. The lowest BCUT2D eigenvalue weighted by Gasteiger charge is -2.39. The SMILES string of the molecule is CC1=CC(C)=C([Si](c2cc(C(C)C)cc(C(C)C)c2)(c2cc(C(C)C)cc(C(C)C)c2)c2cc(C(C)C)cc(C(C)C)c2)C1. The molecule has 236 valence electrons. The minimum absolute atomic E-state index is 0.471. The van der Waals surface area contributed by atoms with Crippen molar-refractivity contribution in [2.45, 2.75) is 139 Å². The molecule has 0 aliphatic heterocycles. The first-order valence-corrected chi connectivity index (χ1v) is 19.4. The molecule has 0 spiro atoms. The van der Waals surface area contributed by atoms with Gasteiger partial charge in [0.15, 0.2) is 8.07 Å². The summed E-state index contributed by atoms with van der Waals surface area (Å²) in [6, 6.07) is 23.3. The molecule has 1 aliphatic carbocycles. The van der Waals surface area contributed by atoms with Crippen LogP contribution in [0, 0.1) is 0 Å². The molecule has 1 heteroatoms. The quantitative estimate of drug-likeness (QED) is 0.159. The van der Waals surface area contributed by atoms with Crippen molar-refractivity contribution in [3.05, 3.63) is 110 Å². The number of hydrogen-bond donors (Lipinski definition) is 0. The van der Waals surface area contributed by atoms with Crippen LogP contribution in [-0.4, -0.2) is 8.07 Å². The molecular weight excluding hydrogens is 545 g/mol. The third kappa shape index (κ3) is 6.64. The molecule has 44 heavy (non-hydrogen) atoms. The molecule has 0 saturated carbocycles. The van der Waals surface area contributed by atoms with E-state index in [1.165, 1.54) is 44.5 Å². The van der Waals surface area contributed by atoms with Gasteiger partial charge in [-0.3, -0.25) is 0 Å². The summed E-state index contributed by atoms with van der Waals surface area (Å²) in [5, 5.41) is 6.38. The second-order valence-electron chi connectivity index (χ2n) is 15.7. The summed E-state index contributed by atoms with van der Waals surface area (Å²) in [4.78, 5) is 0. The van der Waals surface area contributed by atoms with Crippen LogP contribution in [0.15, 0.2) is 77.0 Å². The molecule has 0 aromatic heterocycles. The lowest BCUT2D eigenvalue weighted by molar-refractivity contribution is 0.834. The molecule has 0 unspecified atom stereocenters. The summed E-state index contributed by atoms with van der Waals surface area (Å²) in [5.74, 6) is 2.83. The van der Waals surface area contributed by atoms with Crippen LogP contribution in [0.3, 0.4) is 0 Å². The van der Waals surface area contributed by atoms with E-state index in [1.807, 2.05) is 0 Å². The van der Waals surface area contributed by atoms with E-state index in [1.54, 1.807) is 20.8 Å². The normalized spacial score (nSPS) is 14.4. The van der Waals surface area contributed by atoms with Crippen molar-refractivity contribution in [1.29, 1.82) is 0 Å². The Kier molecular flexibility index (Phi) is 10.4. The van der Waals surface area contributed by atoms with Gasteiger partial charge in [0.05, 0.1) is 0 Å². The Bertz CT molecular complexity index is 1320. The predicted octanol–water partition coefficient (Wildman–Crippen LogP) is 11.1. The molecule has 4 rings (SSSR count). The van der Waals surface area contributed by atoms with Crippen molar-refractivity contribution in [3.8, 4) is 0 Å². The zero-order chi connectivity index (χ0) is 32.7. The van der Waals surface area contributed by atoms with Crippen LogP contribution in [0.5, 0.6) is 0 Å². The van der Waals surface area contributed by atoms with Crippen molar-refractivity contribution in [2.75, 3.05) is 0 Å². The maximum atomic E-state index is 2.63. The number of hydrogen-bond acceptors (Lipinski definition) is 0. The molecule has 0 atom stereocenters. The number of rotatable bonds is 10. The Morgan fingerprint density at radius 3 is 0.841 bits per heavy atom. The second-order valence-corrected chi connectivity index (χ2v) is 19.5. The predicted molar refractivity (Wildman–Crippen MR) is 200 cm³/mol. The molecule has 0 fully saturated rings. The molecule has 0 saturated heterocycles. The van der Waals surface area contributed by atoms with Crippen LogP contribution in [0.4, 0.5) is 0 Å². The molecular formula is C43H60Si. The van der Waals surface area contributed by atoms with Crippen molar-refractivity contribution < 1.29 is 0 Å². The fraction of sp³-hybridized carbons (Fsp3) is 0.488. The van der Waals surface area contributed by atoms with Gasteiger partial charge in [0.25, 0.3) is 0 Å². The van der Waals surface area contributed by atoms with E-state index in [0.717, 1.165) is 6.42 Å². The van der Waals surface area contributed by atoms with Gasteiger partial charge < -0.3 is 0 Å². The first kappa shape index (κ1) is 34.2. The van der Waals surface area contributed by atoms with Gasteiger partial charge in [-0.15, -0.1) is 0 Å². The average Bonchev–Trinajstić information content (AvgIpc) is 3.30. The summed E-state index contributed by atoms with van der Waals surface area (Å²) in [6.45, 7) is 33.1. The number of allylic oxidation sites excluding steroid dienone is 4. The zero-order valence-corrected chi connectivity index (χ0v) is 31.4. The molecule has 0 N–H and O–H groups in total. The highest BCUT2D eigenvalue weighted by molar-refractivity contribution is 7.16. The molecule has 3 aromatic carbocycles. The fourth-order valence-corrected chi connectivity index (χ4v) is 12.6. The van der Waals surface area contributed by atoms with Gasteiger partial charge >= 0.3 is 0 Å². The van der Waals surface area contributed by atoms with E-state index in [-0.39, 0.29) is 0 Å². The van der Waals surface area contributed by atoms with Gasteiger partial charge in [-0.2, -0.15) is 0 Å². The van der Waals surface area contributed by atoms with Crippen LogP contribution >= 0.6 is 0 Å². The minimum atomic E-state index is -2.73. The highest BCUT2D eigenvalue weighted by Gasteiger charge is 2.46. The monoisotopic (exact) mass is 604 g/mol. The molecule has 0 amide bonds. The third-order valence-corrected chi connectivity index (χ3v) is 15.0. The Morgan fingerprint density at radius 1 is 0.409 bits per heavy atom. The van der Waals surface area contributed by atoms with Crippen molar-refractivity contribution in [2.24, 2.45) is 0 Å². The summed E-state index contributed by atoms with van der Waals surface area (Å²) in [6.07, 6.45) is 3.55. The Balaban J connectivity index is 2.34. The molecule has 0 radical (unpaired) electrons. The van der Waals surface area contributed by atoms with Gasteiger partial charge in [0.1, 0.15) is 0 Å². The Hall–Kier alpha value is -2.64. The van der Waals surface area contributed by atoms with E-state index in [0.29, 0.717) is 35.5 Å². The Labute approximate surface area is 272 Å². The van der Waals surface area contributed by atoms with E-state index in [2.05, 4.69) is 158 Å².